The van der Waals surface area contributed by atoms with Gasteiger partial charge in [-0.15, -0.1) is 11.6 Å². The summed E-state index contributed by atoms with van der Waals surface area (Å²) in [6, 6.07) is 2.77. The van der Waals surface area contributed by atoms with Gasteiger partial charge in [-0.1, -0.05) is 0 Å². The number of ketones is 1. The van der Waals surface area contributed by atoms with Gasteiger partial charge in [0.05, 0.1) is 11.4 Å². The molecule has 0 amide bonds. The zero-order chi connectivity index (χ0) is 10.0. The van der Waals surface area contributed by atoms with E-state index >= 15 is 0 Å². The Labute approximate surface area is 80.5 Å². The average Bonchev–Trinajstić information content (AvgIpc) is 2.10. The Morgan fingerprint density at radius 1 is 1.62 bits per heavy atom. The van der Waals surface area contributed by atoms with Crippen LogP contribution in [0.15, 0.2) is 12.1 Å². The molecular formula is C9H9ClFNO. The number of benzene rings is 1. The van der Waals surface area contributed by atoms with Crippen LogP contribution >= 0.6 is 11.6 Å². The van der Waals surface area contributed by atoms with Gasteiger partial charge in [-0.05, 0) is 24.6 Å². The van der Waals surface area contributed by atoms with Crippen LogP contribution < -0.4 is 5.73 Å². The van der Waals surface area contributed by atoms with Crippen molar-refractivity contribution >= 4 is 23.1 Å². The number of anilines is 1. The van der Waals surface area contributed by atoms with Gasteiger partial charge in [0.1, 0.15) is 5.82 Å². The van der Waals surface area contributed by atoms with Gasteiger partial charge in [0, 0.05) is 5.69 Å². The van der Waals surface area contributed by atoms with E-state index in [2.05, 4.69) is 0 Å². The van der Waals surface area contributed by atoms with Crippen LogP contribution in [0.4, 0.5) is 10.1 Å². The van der Waals surface area contributed by atoms with Crippen LogP contribution in [0.5, 0.6) is 0 Å². The molecule has 1 rings (SSSR count). The largest absolute Gasteiger partial charge is 0.399 e. The number of carbonyl (C=O) groups excluding carboxylic acids is 1. The number of hydrogen-bond donors (Lipinski definition) is 1. The Bertz CT molecular complexity index is 352. The number of halogens is 2. The maximum Gasteiger partial charge on any atom is 0.180 e. The van der Waals surface area contributed by atoms with Crippen LogP contribution in [-0.4, -0.2) is 11.7 Å². The van der Waals surface area contributed by atoms with Gasteiger partial charge in [-0.3, -0.25) is 4.79 Å². The third-order valence-corrected chi connectivity index (χ3v) is 1.94. The fourth-order valence-corrected chi connectivity index (χ4v) is 1.22. The Balaban J connectivity index is 3.28. The van der Waals surface area contributed by atoms with Crippen LogP contribution in [0.2, 0.25) is 0 Å². The van der Waals surface area contributed by atoms with Crippen molar-refractivity contribution in [1.82, 2.24) is 0 Å². The summed E-state index contributed by atoms with van der Waals surface area (Å²) in [7, 11) is 0. The monoisotopic (exact) mass is 201 g/mol. The minimum atomic E-state index is -0.542. The summed E-state index contributed by atoms with van der Waals surface area (Å²) in [5, 5.41) is 0. The molecule has 0 atom stereocenters. The summed E-state index contributed by atoms with van der Waals surface area (Å²) >= 11 is 5.31. The van der Waals surface area contributed by atoms with Crippen LogP contribution in [0.1, 0.15) is 15.9 Å². The second-order valence-corrected chi connectivity index (χ2v) is 3.02. The van der Waals surface area contributed by atoms with Gasteiger partial charge in [0.2, 0.25) is 0 Å². The number of carbonyl (C=O) groups is 1. The Morgan fingerprint density at radius 3 is 2.77 bits per heavy atom. The zero-order valence-electron chi connectivity index (χ0n) is 7.10. The molecule has 0 radical (unpaired) electrons. The molecule has 1 aromatic carbocycles. The maximum absolute atomic E-state index is 13.3. The lowest BCUT2D eigenvalue weighted by atomic mass is 10.1. The minimum Gasteiger partial charge on any atom is -0.399 e. The number of nitrogen functional groups attached to an aromatic ring is 1. The molecule has 70 valence electrons. The summed E-state index contributed by atoms with van der Waals surface area (Å²) in [5.41, 5.74) is 6.15. The molecule has 1 aromatic rings. The van der Waals surface area contributed by atoms with Gasteiger partial charge in [-0.25, -0.2) is 4.39 Å². The van der Waals surface area contributed by atoms with Crippen molar-refractivity contribution in [3.8, 4) is 0 Å². The molecule has 0 unspecified atom stereocenters. The van der Waals surface area contributed by atoms with E-state index in [9.17, 15) is 9.18 Å². The average molecular weight is 202 g/mol. The molecule has 0 aliphatic heterocycles. The van der Waals surface area contributed by atoms with Gasteiger partial charge < -0.3 is 5.73 Å². The normalized spacial score (nSPS) is 10.1. The highest BCUT2D eigenvalue weighted by molar-refractivity contribution is 6.30. The fraction of sp³-hybridized carbons (Fsp3) is 0.222. The van der Waals surface area contributed by atoms with Crippen molar-refractivity contribution in [2.45, 2.75) is 6.92 Å². The third-order valence-electron chi connectivity index (χ3n) is 1.70. The number of Topliss-reactive ketones (excluding diaryl/α,β-unsaturated/α-hetero) is 1. The summed E-state index contributed by atoms with van der Waals surface area (Å²) in [5.74, 6) is -1.23. The highest BCUT2D eigenvalue weighted by atomic mass is 35.5. The van der Waals surface area contributed by atoms with Crippen molar-refractivity contribution < 1.29 is 9.18 Å². The number of rotatable bonds is 2. The molecule has 13 heavy (non-hydrogen) atoms. The third kappa shape index (κ3) is 1.98. The Kier molecular flexibility index (Phi) is 2.88. The predicted molar refractivity (Wildman–Crippen MR) is 50.6 cm³/mol. The first-order valence-electron chi connectivity index (χ1n) is 3.71. The Hall–Kier alpha value is -1.09. The first-order chi connectivity index (χ1) is 6.06. The summed E-state index contributed by atoms with van der Waals surface area (Å²) in [6.07, 6.45) is 0. The van der Waals surface area contributed by atoms with E-state index in [4.69, 9.17) is 17.3 Å². The quantitative estimate of drug-likeness (QED) is 0.453. The highest BCUT2D eigenvalue weighted by Crippen LogP contribution is 2.17. The van der Waals surface area contributed by atoms with Gasteiger partial charge >= 0.3 is 0 Å². The molecule has 2 N–H and O–H groups in total. The molecule has 0 saturated carbocycles. The van der Waals surface area contributed by atoms with E-state index in [0.717, 1.165) is 0 Å². The maximum atomic E-state index is 13.3. The van der Waals surface area contributed by atoms with Crippen molar-refractivity contribution in [3.05, 3.63) is 29.1 Å². The molecule has 0 heterocycles. The first-order valence-corrected chi connectivity index (χ1v) is 4.24. The van der Waals surface area contributed by atoms with E-state index < -0.39 is 11.6 Å². The molecule has 0 saturated heterocycles. The molecule has 0 spiro atoms. The predicted octanol–water partition coefficient (Wildman–Crippen LogP) is 2.14. The zero-order valence-corrected chi connectivity index (χ0v) is 7.86. The second-order valence-electron chi connectivity index (χ2n) is 2.76. The van der Waals surface area contributed by atoms with Crippen molar-refractivity contribution in [2.75, 3.05) is 11.6 Å². The number of nitrogens with two attached hydrogens (primary N) is 1. The van der Waals surface area contributed by atoms with E-state index in [1.807, 2.05) is 0 Å². The SMILES string of the molecule is Cc1cc(N)cc(C(=O)CCl)c1F. The second kappa shape index (κ2) is 3.75. The Morgan fingerprint density at radius 2 is 2.23 bits per heavy atom. The summed E-state index contributed by atoms with van der Waals surface area (Å²) < 4.78 is 13.3. The first kappa shape index (κ1) is 9.99. The molecule has 0 aliphatic carbocycles. The van der Waals surface area contributed by atoms with Gasteiger partial charge in [-0.2, -0.15) is 0 Å². The van der Waals surface area contributed by atoms with Crippen LogP contribution in [0.25, 0.3) is 0 Å². The van der Waals surface area contributed by atoms with E-state index in [0.29, 0.717) is 11.3 Å². The van der Waals surface area contributed by atoms with E-state index in [-0.39, 0.29) is 11.4 Å². The molecule has 4 heteroatoms. The van der Waals surface area contributed by atoms with E-state index in [1.54, 1.807) is 6.92 Å². The van der Waals surface area contributed by atoms with Gasteiger partial charge in [0.25, 0.3) is 0 Å². The fourth-order valence-electron chi connectivity index (χ4n) is 1.07. The van der Waals surface area contributed by atoms with E-state index in [1.165, 1.54) is 12.1 Å². The molecule has 0 aromatic heterocycles. The number of aryl methyl sites for hydroxylation is 1. The lowest BCUT2D eigenvalue weighted by Gasteiger charge is -2.04. The number of alkyl halides is 1. The van der Waals surface area contributed by atoms with Crippen molar-refractivity contribution in [3.63, 3.8) is 0 Å². The lowest BCUT2D eigenvalue weighted by Crippen LogP contribution is -2.06. The van der Waals surface area contributed by atoms with Gasteiger partial charge in [0.15, 0.2) is 5.78 Å². The molecule has 0 fully saturated rings. The highest BCUT2D eigenvalue weighted by Gasteiger charge is 2.13. The topological polar surface area (TPSA) is 43.1 Å². The molecule has 0 aliphatic rings. The van der Waals surface area contributed by atoms with Crippen molar-refractivity contribution in [1.29, 1.82) is 0 Å². The standard InChI is InChI=1S/C9H9ClFNO/c1-5-2-6(12)3-7(9(5)11)8(13)4-10/h2-3H,4,12H2,1H3. The summed E-state index contributed by atoms with van der Waals surface area (Å²) in [6.45, 7) is 1.55. The molecule has 0 bridgehead atoms. The van der Waals surface area contributed by atoms with Crippen LogP contribution in [0, 0.1) is 12.7 Å². The minimum absolute atomic E-state index is 0.0347. The number of hydrogen-bond acceptors (Lipinski definition) is 2. The van der Waals surface area contributed by atoms with Crippen LogP contribution in [0.3, 0.4) is 0 Å². The van der Waals surface area contributed by atoms with Crippen molar-refractivity contribution in [2.24, 2.45) is 0 Å². The molecular weight excluding hydrogens is 193 g/mol. The molecule has 2 nitrogen and oxygen atoms in total. The summed E-state index contributed by atoms with van der Waals surface area (Å²) in [4.78, 5) is 11.1. The van der Waals surface area contributed by atoms with Crippen LogP contribution in [-0.2, 0) is 0 Å². The lowest BCUT2D eigenvalue weighted by molar-refractivity contribution is 0.101. The smallest absolute Gasteiger partial charge is 0.180 e.